The van der Waals surface area contributed by atoms with Crippen LogP contribution in [0.25, 0.3) is 5.65 Å². The zero-order valence-corrected chi connectivity index (χ0v) is 14.1. The summed E-state index contributed by atoms with van der Waals surface area (Å²) < 4.78 is 11.1. The molecule has 0 saturated heterocycles. The van der Waals surface area contributed by atoms with E-state index in [1.807, 2.05) is 0 Å². The van der Waals surface area contributed by atoms with Crippen molar-refractivity contribution in [2.24, 2.45) is 0 Å². The lowest BCUT2D eigenvalue weighted by molar-refractivity contribution is 0.0600. The zero-order chi connectivity index (χ0) is 18.7. The summed E-state index contributed by atoms with van der Waals surface area (Å²) in [5.41, 5.74) is 0.235. The first kappa shape index (κ1) is 17.4. The molecule has 0 saturated carbocycles. The number of fused-ring (bicyclic) bond motifs is 1. The highest BCUT2D eigenvalue weighted by Gasteiger charge is 2.15. The molecule has 9 nitrogen and oxygen atoms in total. The van der Waals surface area contributed by atoms with Gasteiger partial charge in [-0.25, -0.2) is 14.8 Å². The van der Waals surface area contributed by atoms with E-state index in [2.05, 4.69) is 20.0 Å². The summed E-state index contributed by atoms with van der Waals surface area (Å²) in [6.07, 6.45) is 2.88. The zero-order valence-electron chi connectivity index (χ0n) is 14.1. The molecule has 2 N–H and O–H groups in total. The summed E-state index contributed by atoms with van der Waals surface area (Å²) in [6, 6.07) is 6.39. The molecule has 3 heterocycles. The Morgan fingerprint density at radius 1 is 1.31 bits per heavy atom. The lowest BCUT2D eigenvalue weighted by Gasteiger charge is -2.12. The fraction of sp³-hybridized carbons (Fsp3) is 0.176. The first-order valence-electron chi connectivity index (χ1n) is 7.59. The van der Waals surface area contributed by atoms with Crippen LogP contribution in [-0.2, 0) is 11.3 Å². The minimum atomic E-state index is -0.507. The second kappa shape index (κ2) is 7.19. The van der Waals surface area contributed by atoms with Gasteiger partial charge < -0.3 is 19.9 Å². The number of nitrogens with one attached hydrogen (secondary N) is 1. The van der Waals surface area contributed by atoms with Crippen molar-refractivity contribution in [2.75, 3.05) is 19.5 Å². The average Bonchev–Trinajstić information content (AvgIpc) is 2.68. The van der Waals surface area contributed by atoms with Crippen molar-refractivity contribution in [3.05, 3.63) is 58.1 Å². The molecule has 0 aliphatic rings. The van der Waals surface area contributed by atoms with Crippen LogP contribution in [0.15, 0.2) is 41.5 Å². The number of ether oxygens (including phenoxy) is 2. The van der Waals surface area contributed by atoms with Crippen LogP contribution in [0.4, 0.5) is 11.6 Å². The molecule has 0 aromatic carbocycles. The summed E-state index contributed by atoms with van der Waals surface area (Å²) in [4.78, 5) is 32.5. The van der Waals surface area contributed by atoms with E-state index in [9.17, 15) is 14.7 Å². The molecule has 0 amide bonds. The topological polar surface area (TPSA) is 115 Å². The molecule has 0 spiro atoms. The van der Waals surface area contributed by atoms with Crippen LogP contribution >= 0.6 is 0 Å². The number of nitrogens with zero attached hydrogens (tertiary/aromatic N) is 3. The maximum Gasteiger partial charge on any atom is 0.339 e. The summed E-state index contributed by atoms with van der Waals surface area (Å²) in [6.45, 7) is -0.505. The summed E-state index contributed by atoms with van der Waals surface area (Å²) >= 11 is 0. The van der Waals surface area contributed by atoms with Crippen molar-refractivity contribution in [1.82, 2.24) is 14.4 Å². The van der Waals surface area contributed by atoms with E-state index in [0.717, 1.165) is 0 Å². The Morgan fingerprint density at radius 2 is 2.12 bits per heavy atom. The third kappa shape index (κ3) is 3.07. The van der Waals surface area contributed by atoms with Gasteiger partial charge in [0.25, 0.3) is 5.56 Å². The maximum atomic E-state index is 12.6. The van der Waals surface area contributed by atoms with Gasteiger partial charge in [0.15, 0.2) is 11.4 Å². The van der Waals surface area contributed by atoms with Crippen molar-refractivity contribution in [3.63, 3.8) is 0 Å². The first-order valence-corrected chi connectivity index (χ1v) is 7.59. The fourth-order valence-corrected chi connectivity index (χ4v) is 2.41. The molecule has 9 heteroatoms. The molecule has 3 aromatic heterocycles. The summed E-state index contributed by atoms with van der Waals surface area (Å²) in [5.74, 6) is 0.400. The van der Waals surface area contributed by atoms with Gasteiger partial charge in [0, 0.05) is 12.4 Å². The highest BCUT2D eigenvalue weighted by atomic mass is 16.5. The predicted octanol–water partition coefficient (Wildman–Crippen LogP) is 1.12. The summed E-state index contributed by atoms with van der Waals surface area (Å²) in [7, 11) is 2.75. The number of pyridine rings is 2. The molecule has 0 aliphatic heterocycles. The predicted molar refractivity (Wildman–Crippen MR) is 92.8 cm³/mol. The molecule has 3 aromatic rings. The van der Waals surface area contributed by atoms with Gasteiger partial charge >= 0.3 is 5.97 Å². The highest BCUT2D eigenvalue weighted by molar-refractivity contribution is 5.89. The molecule has 0 radical (unpaired) electrons. The molecule has 0 aliphatic carbocycles. The third-order valence-corrected chi connectivity index (χ3v) is 3.72. The van der Waals surface area contributed by atoms with E-state index in [0.29, 0.717) is 17.2 Å². The second-order valence-electron chi connectivity index (χ2n) is 5.22. The maximum absolute atomic E-state index is 12.6. The number of aromatic nitrogens is 3. The van der Waals surface area contributed by atoms with Crippen LogP contribution in [-0.4, -0.2) is 39.7 Å². The number of carbonyl (C=O) groups excluding carboxylic acids is 1. The number of aliphatic hydroxyl groups is 1. The van der Waals surface area contributed by atoms with Crippen LogP contribution in [0.3, 0.4) is 0 Å². The number of rotatable bonds is 5. The Hall–Kier alpha value is -3.46. The second-order valence-corrected chi connectivity index (χ2v) is 5.22. The van der Waals surface area contributed by atoms with Gasteiger partial charge in [-0.2, -0.15) is 0 Å². The fourth-order valence-electron chi connectivity index (χ4n) is 2.41. The lowest BCUT2D eigenvalue weighted by atomic mass is 10.2. The first-order chi connectivity index (χ1) is 12.6. The standard InChI is InChI=1S/C17H16N4O5/c1-25-12-4-3-7-21-15(12)20-14(11(9-22)16(21)23)19-13-6-5-10(8-18-13)17(24)26-2/h3-8,22H,9H2,1-2H3,(H,18,19). The Morgan fingerprint density at radius 3 is 2.73 bits per heavy atom. The van der Waals surface area contributed by atoms with E-state index in [1.165, 1.54) is 30.9 Å². The van der Waals surface area contributed by atoms with Crippen LogP contribution in [0.1, 0.15) is 15.9 Å². The Kier molecular flexibility index (Phi) is 4.81. The van der Waals surface area contributed by atoms with Gasteiger partial charge in [0.05, 0.1) is 32.0 Å². The average molecular weight is 356 g/mol. The third-order valence-electron chi connectivity index (χ3n) is 3.72. The van der Waals surface area contributed by atoms with E-state index >= 15 is 0 Å². The van der Waals surface area contributed by atoms with E-state index < -0.39 is 18.1 Å². The smallest absolute Gasteiger partial charge is 0.339 e. The lowest BCUT2D eigenvalue weighted by Crippen LogP contribution is -2.22. The van der Waals surface area contributed by atoms with Gasteiger partial charge in [-0.15, -0.1) is 0 Å². The molecule has 0 fully saturated rings. The van der Waals surface area contributed by atoms with Gasteiger partial charge in [0.2, 0.25) is 0 Å². The number of anilines is 2. The largest absolute Gasteiger partial charge is 0.493 e. The minimum absolute atomic E-state index is 0.0783. The van der Waals surface area contributed by atoms with Crippen molar-refractivity contribution < 1.29 is 19.4 Å². The van der Waals surface area contributed by atoms with Gasteiger partial charge in [-0.05, 0) is 24.3 Å². The number of hydrogen-bond acceptors (Lipinski definition) is 8. The van der Waals surface area contributed by atoms with Crippen molar-refractivity contribution in [1.29, 1.82) is 0 Å². The molecule has 0 atom stereocenters. The Bertz CT molecular complexity index is 1010. The van der Waals surface area contributed by atoms with E-state index in [-0.39, 0.29) is 16.9 Å². The van der Waals surface area contributed by atoms with Crippen LogP contribution in [0.5, 0.6) is 5.75 Å². The van der Waals surface area contributed by atoms with Crippen molar-refractivity contribution in [3.8, 4) is 5.75 Å². The van der Waals surface area contributed by atoms with Crippen LogP contribution in [0, 0.1) is 0 Å². The van der Waals surface area contributed by atoms with Gasteiger partial charge in [0.1, 0.15) is 11.6 Å². The van der Waals surface area contributed by atoms with Gasteiger partial charge in [-0.1, -0.05) is 0 Å². The molecular weight excluding hydrogens is 340 g/mol. The van der Waals surface area contributed by atoms with E-state index in [1.54, 1.807) is 24.4 Å². The highest BCUT2D eigenvalue weighted by Crippen LogP contribution is 2.21. The molecule has 26 heavy (non-hydrogen) atoms. The summed E-state index contributed by atoms with van der Waals surface area (Å²) in [5, 5.41) is 12.5. The van der Waals surface area contributed by atoms with Crippen molar-refractivity contribution in [2.45, 2.75) is 6.61 Å². The number of esters is 1. The number of hydrogen-bond donors (Lipinski definition) is 2. The number of methoxy groups -OCH3 is 2. The monoisotopic (exact) mass is 356 g/mol. The molecule has 3 rings (SSSR count). The quantitative estimate of drug-likeness (QED) is 0.654. The van der Waals surface area contributed by atoms with Crippen LogP contribution < -0.4 is 15.6 Å². The molecule has 134 valence electrons. The number of carbonyl (C=O) groups is 1. The van der Waals surface area contributed by atoms with Crippen molar-refractivity contribution >= 4 is 23.3 Å². The normalized spacial score (nSPS) is 10.6. The number of aliphatic hydroxyl groups excluding tert-OH is 1. The van der Waals surface area contributed by atoms with E-state index in [4.69, 9.17) is 4.74 Å². The van der Waals surface area contributed by atoms with Crippen LogP contribution in [0.2, 0.25) is 0 Å². The molecule has 0 unspecified atom stereocenters. The molecular formula is C17H16N4O5. The molecule has 0 bridgehead atoms. The minimum Gasteiger partial charge on any atom is -0.493 e. The Labute approximate surface area is 147 Å². The SMILES string of the molecule is COC(=O)c1ccc(Nc2nc3c(OC)cccn3c(=O)c2CO)nc1. The van der Waals surface area contributed by atoms with Gasteiger partial charge in [-0.3, -0.25) is 9.20 Å². The Balaban J connectivity index is 2.06.